The Hall–Kier alpha value is -2.92. The van der Waals surface area contributed by atoms with Crippen LogP contribution in [0.15, 0.2) is 47.4 Å². The molecule has 0 aliphatic carbocycles. The van der Waals surface area contributed by atoms with Gasteiger partial charge in [0.05, 0.1) is 38.8 Å². The molecule has 0 atom stereocenters. The molecule has 8 nitrogen and oxygen atoms in total. The van der Waals surface area contributed by atoms with E-state index < -0.39 is 10.0 Å². The van der Waals surface area contributed by atoms with Crippen molar-refractivity contribution in [3.63, 3.8) is 0 Å². The topological polar surface area (TPSA) is 85.4 Å². The number of aryl methyl sites for hydroxylation is 4. The molecule has 0 aliphatic rings. The summed E-state index contributed by atoms with van der Waals surface area (Å²) in [6.07, 6.45) is 0.567. The first-order valence-electron chi connectivity index (χ1n) is 13.1. The van der Waals surface area contributed by atoms with Crippen molar-refractivity contribution in [3.8, 4) is 11.5 Å². The van der Waals surface area contributed by atoms with E-state index in [0.717, 1.165) is 20.9 Å². The fourth-order valence-electron chi connectivity index (χ4n) is 4.78. The number of carbonyl (C=O) groups excluding carboxylic acids is 1. The number of carbonyl (C=O) groups is 1. The van der Waals surface area contributed by atoms with Crippen LogP contribution in [0.4, 0.5) is 0 Å². The Kier molecular flexibility index (Phi) is 11.2. The smallest absolute Gasteiger partial charge is 0.244 e. The van der Waals surface area contributed by atoms with Crippen molar-refractivity contribution in [1.29, 1.82) is 0 Å². The monoisotopic (exact) mass is 588 g/mol. The zero-order chi connectivity index (χ0) is 29.4. The van der Waals surface area contributed by atoms with Crippen LogP contribution in [0.2, 0.25) is 0 Å². The van der Waals surface area contributed by atoms with Gasteiger partial charge in [-0.2, -0.15) is 4.31 Å². The van der Waals surface area contributed by atoms with Gasteiger partial charge in [-0.1, -0.05) is 23.8 Å². The van der Waals surface area contributed by atoms with Crippen LogP contribution in [0, 0.1) is 27.7 Å². The molecule has 218 valence electrons. The summed E-state index contributed by atoms with van der Waals surface area (Å²) in [5.74, 6) is 0.981. The number of benzene rings is 2. The Morgan fingerprint density at radius 1 is 0.875 bits per heavy atom. The molecule has 0 unspecified atom stereocenters. The molecule has 1 amide bonds. The number of rotatable bonds is 14. The lowest BCUT2D eigenvalue weighted by molar-refractivity contribution is -0.132. The summed E-state index contributed by atoms with van der Waals surface area (Å²) in [6.45, 7) is 8.30. The summed E-state index contributed by atoms with van der Waals surface area (Å²) >= 11 is 1.62. The molecule has 40 heavy (non-hydrogen) atoms. The Balaban J connectivity index is 1.90. The van der Waals surface area contributed by atoms with E-state index in [0.29, 0.717) is 42.1 Å². The van der Waals surface area contributed by atoms with Crippen LogP contribution >= 0.6 is 11.3 Å². The SMILES string of the molecule is COCCN(CC(=O)N(CCc1ccc(OC)c(OC)c1)Cc1ccc(C)s1)S(=O)(=O)c1c(C)cc(C)cc1C. The molecule has 0 aliphatic heterocycles. The van der Waals surface area contributed by atoms with Crippen LogP contribution in [0.25, 0.3) is 0 Å². The molecule has 2 aromatic carbocycles. The van der Waals surface area contributed by atoms with E-state index in [1.165, 1.54) is 11.4 Å². The second kappa shape index (κ2) is 14.1. The average molecular weight is 589 g/mol. The average Bonchev–Trinajstić information content (AvgIpc) is 3.31. The number of sulfonamides is 1. The lowest BCUT2D eigenvalue weighted by atomic mass is 10.1. The minimum atomic E-state index is -3.95. The van der Waals surface area contributed by atoms with E-state index in [9.17, 15) is 13.2 Å². The predicted octanol–water partition coefficient (Wildman–Crippen LogP) is 4.91. The van der Waals surface area contributed by atoms with E-state index in [2.05, 4.69) is 0 Å². The van der Waals surface area contributed by atoms with Crippen molar-refractivity contribution in [2.45, 2.75) is 45.6 Å². The highest BCUT2D eigenvalue weighted by molar-refractivity contribution is 7.89. The normalized spacial score (nSPS) is 11.6. The van der Waals surface area contributed by atoms with Crippen LogP contribution < -0.4 is 9.47 Å². The molecular formula is C30H40N2O6S2. The molecule has 0 spiro atoms. The largest absolute Gasteiger partial charge is 0.493 e. The Bertz CT molecular complexity index is 1390. The van der Waals surface area contributed by atoms with Crippen LogP contribution in [0.1, 0.15) is 32.0 Å². The van der Waals surface area contributed by atoms with Crippen molar-refractivity contribution in [3.05, 3.63) is 74.5 Å². The molecule has 1 heterocycles. The number of thiophene rings is 1. The van der Waals surface area contributed by atoms with Gasteiger partial charge in [0.1, 0.15) is 0 Å². The van der Waals surface area contributed by atoms with Crippen molar-refractivity contribution >= 4 is 27.3 Å². The van der Waals surface area contributed by atoms with Crippen LogP contribution in [0.3, 0.4) is 0 Å². The molecule has 0 saturated carbocycles. The lowest BCUT2D eigenvalue weighted by Gasteiger charge is -2.28. The zero-order valence-electron chi connectivity index (χ0n) is 24.4. The molecule has 10 heteroatoms. The number of amides is 1. The van der Waals surface area contributed by atoms with E-state index in [1.54, 1.807) is 44.3 Å². The van der Waals surface area contributed by atoms with Gasteiger partial charge in [0, 0.05) is 30.0 Å². The molecular weight excluding hydrogens is 548 g/mol. The molecule has 3 rings (SSSR count). The summed E-state index contributed by atoms with van der Waals surface area (Å²) in [5, 5.41) is 0. The maximum atomic E-state index is 13.9. The van der Waals surface area contributed by atoms with E-state index in [4.69, 9.17) is 14.2 Å². The Labute approximate surface area is 242 Å². The second-order valence-corrected chi connectivity index (χ2v) is 13.1. The number of nitrogens with zero attached hydrogens (tertiary/aromatic N) is 2. The highest BCUT2D eigenvalue weighted by Gasteiger charge is 2.31. The van der Waals surface area contributed by atoms with Gasteiger partial charge in [-0.15, -0.1) is 11.3 Å². The predicted molar refractivity (Wildman–Crippen MR) is 159 cm³/mol. The molecule has 1 aromatic heterocycles. The minimum absolute atomic E-state index is 0.0684. The third-order valence-corrected chi connectivity index (χ3v) is 9.81. The molecule has 0 radical (unpaired) electrons. The maximum Gasteiger partial charge on any atom is 0.244 e. The number of methoxy groups -OCH3 is 3. The van der Waals surface area contributed by atoms with E-state index >= 15 is 0 Å². The fraction of sp³-hybridized carbons (Fsp3) is 0.433. The molecule has 0 N–H and O–H groups in total. The highest BCUT2D eigenvalue weighted by Crippen LogP contribution is 2.28. The zero-order valence-corrected chi connectivity index (χ0v) is 26.1. The first-order chi connectivity index (χ1) is 19.0. The van der Waals surface area contributed by atoms with Gasteiger partial charge < -0.3 is 19.1 Å². The van der Waals surface area contributed by atoms with Crippen LogP contribution in [-0.2, 0) is 32.5 Å². The summed E-state index contributed by atoms with van der Waals surface area (Å²) in [4.78, 5) is 18.0. The van der Waals surface area contributed by atoms with Crippen molar-refractivity contribution in [2.75, 3.05) is 47.6 Å². The quantitative estimate of drug-likeness (QED) is 0.266. The van der Waals surface area contributed by atoms with Gasteiger partial charge >= 0.3 is 0 Å². The Morgan fingerprint density at radius 3 is 2.12 bits per heavy atom. The highest BCUT2D eigenvalue weighted by atomic mass is 32.2. The van der Waals surface area contributed by atoms with Gasteiger partial charge in [0.15, 0.2) is 11.5 Å². The van der Waals surface area contributed by atoms with Crippen molar-refractivity contribution in [1.82, 2.24) is 9.21 Å². The van der Waals surface area contributed by atoms with Gasteiger partial charge in [0.2, 0.25) is 15.9 Å². The number of ether oxygens (including phenoxy) is 3. The number of hydrogen-bond acceptors (Lipinski definition) is 7. The standard InChI is InChI=1S/C30H40N2O6S2/c1-21-16-22(2)30(23(3)17-21)40(34,35)32(14-15-36-5)20-29(33)31(19-26-10-8-24(4)39-26)13-12-25-9-11-27(37-6)28(18-25)38-7/h8-11,16-18H,12-15,19-20H2,1-7H3. The van der Waals surface area contributed by atoms with Crippen LogP contribution in [0.5, 0.6) is 11.5 Å². The van der Waals surface area contributed by atoms with E-state index in [-0.39, 0.29) is 30.5 Å². The fourth-order valence-corrected chi connectivity index (χ4v) is 7.47. The minimum Gasteiger partial charge on any atom is -0.493 e. The molecule has 3 aromatic rings. The Morgan fingerprint density at radius 2 is 1.55 bits per heavy atom. The first-order valence-corrected chi connectivity index (χ1v) is 15.4. The summed E-state index contributed by atoms with van der Waals surface area (Å²) in [5.41, 5.74) is 3.28. The third-order valence-electron chi connectivity index (χ3n) is 6.67. The summed E-state index contributed by atoms with van der Waals surface area (Å²) < 4.78 is 45.0. The molecule has 0 fully saturated rings. The summed E-state index contributed by atoms with van der Waals surface area (Å²) in [6, 6.07) is 13.4. The summed E-state index contributed by atoms with van der Waals surface area (Å²) in [7, 11) is 0.737. The van der Waals surface area contributed by atoms with Crippen molar-refractivity contribution in [2.24, 2.45) is 0 Å². The maximum absolute atomic E-state index is 13.9. The first kappa shape index (κ1) is 31.6. The van der Waals surface area contributed by atoms with E-state index in [1.807, 2.05) is 56.3 Å². The lowest BCUT2D eigenvalue weighted by Crippen LogP contribution is -2.44. The van der Waals surface area contributed by atoms with Crippen molar-refractivity contribution < 1.29 is 27.4 Å². The molecule has 0 bridgehead atoms. The molecule has 0 saturated heterocycles. The number of hydrogen-bond donors (Lipinski definition) is 0. The van der Waals surface area contributed by atoms with Gasteiger partial charge in [-0.25, -0.2) is 8.42 Å². The second-order valence-electron chi connectivity index (χ2n) is 9.83. The van der Waals surface area contributed by atoms with Gasteiger partial charge in [-0.05, 0) is 75.1 Å². The third kappa shape index (κ3) is 7.84. The van der Waals surface area contributed by atoms with Gasteiger partial charge in [0.25, 0.3) is 0 Å². The van der Waals surface area contributed by atoms with Gasteiger partial charge in [-0.3, -0.25) is 4.79 Å². The van der Waals surface area contributed by atoms with Crippen LogP contribution in [-0.4, -0.2) is 71.1 Å².